The Morgan fingerprint density at radius 1 is 0.309 bits per heavy atom. The molecule has 12 nitrogen and oxygen atoms in total. The van der Waals surface area contributed by atoms with Crippen molar-refractivity contribution in [3.05, 3.63) is 241 Å². The monoisotopic (exact) mass is 983 g/mol. The van der Waals surface area contributed by atoms with E-state index in [9.17, 15) is 0 Å². The maximum Gasteiger partial charge on any atom is 0.617 e. The summed E-state index contributed by atoms with van der Waals surface area (Å²) in [6.45, 7) is 8.02. The topological polar surface area (TPSA) is 122 Å². The van der Waals surface area contributed by atoms with Gasteiger partial charge < -0.3 is 9.05 Å². The molecule has 1 heterocycles. The van der Waals surface area contributed by atoms with Gasteiger partial charge in [0.25, 0.3) is 0 Å². The normalized spacial score (nSPS) is 21.1. The van der Waals surface area contributed by atoms with E-state index in [0.717, 1.165) is 22.3 Å². The second kappa shape index (κ2) is 20.8. The van der Waals surface area contributed by atoms with Gasteiger partial charge in [0, 0.05) is 4.86 Å². The zero-order valence-corrected chi connectivity index (χ0v) is 41.4. The Labute approximate surface area is 399 Å². The highest BCUT2D eigenvalue weighted by Crippen LogP contribution is 2.80. The first-order chi connectivity index (χ1) is 33.0. The second-order valence-electron chi connectivity index (χ2n) is 15.8. The number of benzene rings is 8. The molecule has 3 N–H and O–H groups in total. The predicted molar refractivity (Wildman–Crippen MR) is 275 cm³/mol. The van der Waals surface area contributed by atoms with Crippen molar-refractivity contribution in [2.75, 3.05) is 0 Å². The molecule has 0 saturated heterocycles. The first-order valence-corrected chi connectivity index (χ1v) is 28.2. The van der Waals surface area contributed by atoms with E-state index in [1.165, 1.54) is 0 Å². The lowest BCUT2D eigenvalue weighted by atomic mass is 10.2. The van der Waals surface area contributed by atoms with Crippen LogP contribution < -0.4 is 50.8 Å². The molecule has 68 heavy (non-hydrogen) atoms. The predicted octanol–water partition coefficient (Wildman–Crippen LogP) is 15.6. The largest absolute Gasteiger partial charge is 0.617 e. The lowest BCUT2D eigenvalue weighted by Gasteiger charge is -2.34. The van der Waals surface area contributed by atoms with Crippen molar-refractivity contribution in [3.8, 4) is 46.0 Å². The maximum absolute atomic E-state index is 7.29. The lowest BCUT2D eigenvalue weighted by molar-refractivity contribution is 0.399. The molecule has 16 heteroatoms. The van der Waals surface area contributed by atoms with Gasteiger partial charge in [0.15, 0.2) is 34.5 Å². The summed E-state index contributed by atoms with van der Waals surface area (Å²) in [5, 5.41) is 0. The minimum Gasteiger partial charge on any atom is -0.415 e. The molecule has 8 aromatic carbocycles. The Morgan fingerprint density at radius 2 is 0.588 bits per heavy atom. The van der Waals surface area contributed by atoms with Crippen LogP contribution in [0.1, 0.15) is 22.3 Å². The minimum atomic E-state index is -4.20. The van der Waals surface area contributed by atoms with Crippen molar-refractivity contribution in [2.45, 2.75) is 27.7 Å². The third-order valence-corrected chi connectivity index (χ3v) is 21.7. The number of nitrogens with zero attached hydrogens (tertiary/aromatic N) is 1. The molecule has 0 aliphatic carbocycles. The van der Waals surface area contributed by atoms with Gasteiger partial charge in [-0.25, -0.2) is 0 Å². The minimum absolute atomic E-state index is 0.420. The smallest absolute Gasteiger partial charge is 0.415 e. The van der Waals surface area contributed by atoms with Gasteiger partial charge in [-0.3, -0.25) is 27.1 Å². The molecule has 9 rings (SSSR count). The van der Waals surface area contributed by atoms with E-state index in [1.54, 1.807) is 0 Å². The highest BCUT2D eigenvalue weighted by atomic mass is 31.3. The summed E-state index contributed by atoms with van der Waals surface area (Å²) in [5.41, 5.74) is 4.10. The number of hydrogen-bond donors (Lipinski definition) is 3. The Balaban J connectivity index is 1.40. The average molecular weight is 984 g/mol. The van der Waals surface area contributed by atoms with Crippen LogP contribution in [0.15, 0.2) is 223 Å². The number of rotatable bonds is 16. The Bertz CT molecular complexity index is 2930. The van der Waals surface area contributed by atoms with E-state index in [-0.39, 0.29) is 0 Å². The molecule has 0 spiro atoms. The van der Waals surface area contributed by atoms with Gasteiger partial charge in [0.2, 0.25) is 0 Å². The summed E-state index contributed by atoms with van der Waals surface area (Å²) in [7, 11) is -16.6. The van der Waals surface area contributed by atoms with Crippen molar-refractivity contribution in [1.29, 1.82) is 0 Å². The molecule has 8 aromatic rings. The van der Waals surface area contributed by atoms with E-state index in [2.05, 4.69) is 14.6 Å². The highest BCUT2D eigenvalue weighted by molar-refractivity contribution is 7.90. The van der Waals surface area contributed by atoms with Crippen molar-refractivity contribution >= 4 is 31.7 Å². The molecule has 0 fully saturated rings. The SMILES string of the molecule is Cc1ccc(OP2(Oc3ccccc3)=N[P+](Oc3ccccc3)(Oc3ccc(C)cc3)N[P+](Oc3ccccc3)(Oc3ccc(C)cc3)N[P+](Oc3ccccc3)(Oc3ccc(C)cc3)N2)cc1. The zero-order chi connectivity index (χ0) is 46.9. The van der Waals surface area contributed by atoms with Crippen LogP contribution in [0.4, 0.5) is 0 Å². The van der Waals surface area contributed by atoms with Gasteiger partial charge in [-0.1, -0.05) is 144 Å². The van der Waals surface area contributed by atoms with Gasteiger partial charge >= 0.3 is 31.7 Å². The van der Waals surface area contributed by atoms with E-state index >= 15 is 0 Å². The van der Waals surface area contributed by atoms with E-state index in [1.807, 2.05) is 246 Å². The molecule has 4 unspecified atom stereocenters. The molecule has 0 bridgehead atoms. The molecule has 0 radical (unpaired) electrons. The molecule has 0 amide bonds. The quantitative estimate of drug-likeness (QED) is 0.0802. The third-order valence-electron chi connectivity index (χ3n) is 9.92. The summed E-state index contributed by atoms with van der Waals surface area (Å²) >= 11 is 0. The van der Waals surface area contributed by atoms with Crippen LogP contribution in [0.5, 0.6) is 46.0 Å². The van der Waals surface area contributed by atoms with Crippen molar-refractivity contribution in [1.82, 2.24) is 14.6 Å². The lowest BCUT2D eigenvalue weighted by Crippen LogP contribution is -2.45. The molecule has 0 saturated carbocycles. The third kappa shape index (κ3) is 12.2. The summed E-state index contributed by atoms with van der Waals surface area (Å²) in [4.78, 5) is 11.2. The van der Waals surface area contributed by atoms with Crippen LogP contribution in [-0.2, 0) is 0 Å². The molecule has 1 aliphatic heterocycles. The van der Waals surface area contributed by atoms with Crippen molar-refractivity contribution < 1.29 is 36.2 Å². The Kier molecular flexibility index (Phi) is 14.3. The average Bonchev–Trinajstić information content (AvgIpc) is 3.33. The standard InChI is InChI=1S/C52H51N4O8P4/c1-41-25-33-49(34-26-41)61-65(57-45-17-9-5-10-18-45)53-66(58-46-19-11-6-12-20-46,62-50-35-27-42(2)28-36-50)55-68(60-48-23-15-8-16-24-48,64-52-39-31-44(4)32-40-52)56-67(54-65,59-47-21-13-7-14-22-47)63-51-37-29-43(3)30-38-51/h5-40,53-55H,1-4H3/q+3. The summed E-state index contributed by atoms with van der Waals surface area (Å²) in [5.74, 6) is 3.45. The van der Waals surface area contributed by atoms with Crippen LogP contribution in [0, 0.1) is 27.7 Å². The zero-order valence-electron chi connectivity index (χ0n) is 37.8. The first kappa shape index (κ1) is 46.7. The number of hydrogen-bond acceptors (Lipinski definition) is 12. The van der Waals surface area contributed by atoms with Gasteiger partial charge in [0.1, 0.15) is 21.2 Å². The number of nitrogens with one attached hydrogen (secondary N) is 3. The van der Waals surface area contributed by atoms with Gasteiger partial charge in [-0.05, 0) is 125 Å². The van der Waals surface area contributed by atoms with Crippen LogP contribution in [0.2, 0.25) is 0 Å². The molecule has 4 atom stereocenters. The van der Waals surface area contributed by atoms with Crippen LogP contribution in [0.3, 0.4) is 0 Å². The van der Waals surface area contributed by atoms with Crippen molar-refractivity contribution in [3.63, 3.8) is 0 Å². The van der Waals surface area contributed by atoms with E-state index in [4.69, 9.17) is 40.7 Å². The van der Waals surface area contributed by atoms with Crippen LogP contribution in [-0.4, -0.2) is 0 Å². The fourth-order valence-electron chi connectivity index (χ4n) is 6.63. The summed E-state index contributed by atoms with van der Waals surface area (Å²) in [6, 6.07) is 67.8. The van der Waals surface area contributed by atoms with Crippen LogP contribution in [0.25, 0.3) is 0 Å². The van der Waals surface area contributed by atoms with Crippen molar-refractivity contribution in [2.24, 2.45) is 4.52 Å². The number of para-hydroxylation sites is 4. The molecular weight excluding hydrogens is 932 g/mol. The Morgan fingerprint density at radius 3 is 0.971 bits per heavy atom. The molecule has 0 aromatic heterocycles. The van der Waals surface area contributed by atoms with Gasteiger partial charge in [-0.2, -0.15) is 0 Å². The summed E-state index contributed by atoms with van der Waals surface area (Å²) in [6.07, 6.45) is 0. The fraction of sp³-hybridized carbons (Fsp3) is 0.0769. The second-order valence-corrected chi connectivity index (χ2v) is 24.6. The van der Waals surface area contributed by atoms with Gasteiger partial charge in [0.05, 0.1) is 4.52 Å². The first-order valence-electron chi connectivity index (χ1n) is 21.8. The van der Waals surface area contributed by atoms with E-state index < -0.39 is 31.7 Å². The highest BCUT2D eigenvalue weighted by Gasteiger charge is 2.78. The Hall–Kier alpha value is -6.44. The van der Waals surface area contributed by atoms with Gasteiger partial charge in [-0.15, -0.1) is 0 Å². The molecule has 1 aliphatic rings. The fourth-order valence-corrected chi connectivity index (χ4v) is 20.1. The molecule has 344 valence electrons. The molecular formula is C52H51N4O8P4+3. The van der Waals surface area contributed by atoms with E-state index in [0.29, 0.717) is 46.0 Å². The number of aryl methyl sites for hydroxylation is 4. The van der Waals surface area contributed by atoms with Crippen LogP contribution >= 0.6 is 31.7 Å². The maximum atomic E-state index is 7.29. The summed E-state index contributed by atoms with van der Waals surface area (Å²) < 4.78 is 63.8.